The summed E-state index contributed by atoms with van der Waals surface area (Å²) in [7, 11) is 0. The lowest BCUT2D eigenvalue weighted by Gasteiger charge is -2.26. The molecule has 0 unspecified atom stereocenters. The molecule has 6 nitrogen and oxygen atoms in total. The van der Waals surface area contributed by atoms with Crippen LogP contribution in [0, 0.1) is 0 Å². The van der Waals surface area contributed by atoms with Crippen LogP contribution in [0.3, 0.4) is 0 Å². The highest BCUT2D eigenvalue weighted by atomic mass is 15.3. The number of hydrogen-bond acceptors (Lipinski definition) is 4. The number of rotatable bonds is 3. The Balaban J connectivity index is 1.53. The molecule has 0 fully saturated rings. The Kier molecular flexibility index (Phi) is 2.96. The first kappa shape index (κ1) is 12.5. The summed E-state index contributed by atoms with van der Waals surface area (Å²) in [6, 6.07) is 6.07. The largest absolute Gasteiger partial charge is 0.313 e. The van der Waals surface area contributed by atoms with Gasteiger partial charge >= 0.3 is 0 Å². The van der Waals surface area contributed by atoms with Gasteiger partial charge in [-0.2, -0.15) is 0 Å². The SMILES string of the molecule is CCc1nnc2n1CCN(Cc1cn3ccccc3n1)C2. The minimum atomic E-state index is 0.848. The van der Waals surface area contributed by atoms with Gasteiger partial charge in [0.2, 0.25) is 0 Å². The van der Waals surface area contributed by atoms with E-state index in [0.29, 0.717) is 0 Å². The molecule has 4 heterocycles. The highest BCUT2D eigenvalue weighted by molar-refractivity contribution is 5.39. The zero-order chi connectivity index (χ0) is 14.2. The molecule has 0 saturated heterocycles. The fraction of sp³-hybridized carbons (Fsp3) is 0.400. The van der Waals surface area contributed by atoms with Crippen molar-refractivity contribution in [2.45, 2.75) is 33.0 Å². The van der Waals surface area contributed by atoms with Crippen molar-refractivity contribution in [3.63, 3.8) is 0 Å². The zero-order valence-electron chi connectivity index (χ0n) is 12.1. The molecule has 1 aliphatic heterocycles. The van der Waals surface area contributed by atoms with E-state index in [4.69, 9.17) is 0 Å². The van der Waals surface area contributed by atoms with E-state index in [1.807, 2.05) is 24.4 Å². The average molecular weight is 282 g/mol. The van der Waals surface area contributed by atoms with E-state index in [2.05, 4.69) is 42.2 Å². The molecule has 0 aromatic carbocycles. The Morgan fingerprint density at radius 2 is 2.14 bits per heavy atom. The number of aromatic nitrogens is 5. The smallest absolute Gasteiger partial charge is 0.147 e. The lowest BCUT2D eigenvalue weighted by molar-refractivity contribution is 0.205. The summed E-state index contributed by atoms with van der Waals surface area (Å²) < 4.78 is 4.32. The van der Waals surface area contributed by atoms with Gasteiger partial charge in [0.1, 0.15) is 17.3 Å². The van der Waals surface area contributed by atoms with Gasteiger partial charge in [0.05, 0.1) is 12.2 Å². The maximum Gasteiger partial charge on any atom is 0.147 e. The van der Waals surface area contributed by atoms with Crippen molar-refractivity contribution < 1.29 is 0 Å². The molecule has 0 spiro atoms. The first-order valence-electron chi connectivity index (χ1n) is 7.39. The maximum absolute atomic E-state index is 4.66. The van der Waals surface area contributed by atoms with Crippen molar-refractivity contribution in [1.82, 2.24) is 29.0 Å². The maximum atomic E-state index is 4.66. The van der Waals surface area contributed by atoms with E-state index < -0.39 is 0 Å². The molecule has 0 aliphatic carbocycles. The molecule has 3 aromatic heterocycles. The van der Waals surface area contributed by atoms with Gasteiger partial charge in [-0.15, -0.1) is 10.2 Å². The van der Waals surface area contributed by atoms with Crippen molar-refractivity contribution in [2.24, 2.45) is 0 Å². The Morgan fingerprint density at radius 1 is 1.19 bits per heavy atom. The van der Waals surface area contributed by atoms with Gasteiger partial charge in [-0.25, -0.2) is 4.98 Å². The Hall–Kier alpha value is -2.21. The van der Waals surface area contributed by atoms with Crippen LogP contribution in [0.15, 0.2) is 30.6 Å². The van der Waals surface area contributed by atoms with Crippen LogP contribution in [-0.2, 0) is 26.1 Å². The first-order valence-corrected chi connectivity index (χ1v) is 7.39. The number of fused-ring (bicyclic) bond motifs is 2. The molecule has 0 amide bonds. The lowest BCUT2D eigenvalue weighted by atomic mass is 10.3. The first-order chi connectivity index (χ1) is 10.3. The minimum absolute atomic E-state index is 0.848. The third kappa shape index (κ3) is 2.21. The van der Waals surface area contributed by atoms with Crippen molar-refractivity contribution >= 4 is 5.65 Å². The molecule has 6 heteroatoms. The molecule has 0 saturated carbocycles. The topological polar surface area (TPSA) is 51.2 Å². The Morgan fingerprint density at radius 3 is 3.00 bits per heavy atom. The lowest BCUT2D eigenvalue weighted by Crippen LogP contribution is -2.34. The predicted octanol–water partition coefficient (Wildman–Crippen LogP) is 1.50. The highest BCUT2D eigenvalue weighted by Crippen LogP contribution is 2.15. The van der Waals surface area contributed by atoms with E-state index in [0.717, 1.165) is 55.6 Å². The number of pyridine rings is 1. The fourth-order valence-electron chi connectivity index (χ4n) is 2.96. The van der Waals surface area contributed by atoms with Crippen LogP contribution in [0.2, 0.25) is 0 Å². The normalized spacial score (nSPS) is 15.5. The Labute approximate surface area is 123 Å². The second-order valence-electron chi connectivity index (χ2n) is 5.45. The van der Waals surface area contributed by atoms with Crippen molar-refractivity contribution in [3.8, 4) is 0 Å². The van der Waals surface area contributed by atoms with Gasteiger partial charge in [0, 0.05) is 38.4 Å². The van der Waals surface area contributed by atoms with Crippen LogP contribution in [0.25, 0.3) is 5.65 Å². The minimum Gasteiger partial charge on any atom is -0.313 e. The van der Waals surface area contributed by atoms with Gasteiger partial charge in [-0.05, 0) is 12.1 Å². The highest BCUT2D eigenvalue weighted by Gasteiger charge is 2.21. The summed E-state index contributed by atoms with van der Waals surface area (Å²) in [5.74, 6) is 2.17. The average Bonchev–Trinajstić information content (AvgIpc) is 3.09. The summed E-state index contributed by atoms with van der Waals surface area (Å²) in [5.41, 5.74) is 2.10. The summed E-state index contributed by atoms with van der Waals surface area (Å²) in [6.07, 6.45) is 5.08. The van der Waals surface area contributed by atoms with Gasteiger partial charge in [-0.1, -0.05) is 13.0 Å². The number of imidazole rings is 1. The van der Waals surface area contributed by atoms with E-state index >= 15 is 0 Å². The fourth-order valence-corrected chi connectivity index (χ4v) is 2.96. The van der Waals surface area contributed by atoms with Crippen LogP contribution in [-0.4, -0.2) is 35.6 Å². The molecule has 4 rings (SSSR count). The monoisotopic (exact) mass is 282 g/mol. The number of hydrogen-bond donors (Lipinski definition) is 0. The Bertz CT molecular complexity index is 738. The van der Waals surface area contributed by atoms with Crippen LogP contribution in [0.5, 0.6) is 0 Å². The molecule has 0 N–H and O–H groups in total. The third-order valence-corrected chi connectivity index (χ3v) is 4.02. The quantitative estimate of drug-likeness (QED) is 0.730. The van der Waals surface area contributed by atoms with Crippen LogP contribution in [0.1, 0.15) is 24.3 Å². The zero-order valence-corrected chi connectivity index (χ0v) is 12.1. The van der Waals surface area contributed by atoms with E-state index in [9.17, 15) is 0 Å². The van der Waals surface area contributed by atoms with E-state index in [-0.39, 0.29) is 0 Å². The summed E-state index contributed by atoms with van der Waals surface area (Å²) in [6.45, 7) is 5.82. The summed E-state index contributed by atoms with van der Waals surface area (Å²) in [4.78, 5) is 7.04. The van der Waals surface area contributed by atoms with Crippen LogP contribution >= 0.6 is 0 Å². The molecule has 0 atom stereocenters. The molecular weight excluding hydrogens is 264 g/mol. The van der Waals surface area contributed by atoms with E-state index in [1.54, 1.807) is 0 Å². The third-order valence-electron chi connectivity index (χ3n) is 4.02. The molecule has 21 heavy (non-hydrogen) atoms. The molecule has 1 aliphatic rings. The van der Waals surface area contributed by atoms with Crippen molar-refractivity contribution in [2.75, 3.05) is 6.54 Å². The molecule has 0 bridgehead atoms. The van der Waals surface area contributed by atoms with Gasteiger partial charge in [0.15, 0.2) is 0 Å². The van der Waals surface area contributed by atoms with E-state index in [1.165, 1.54) is 0 Å². The van der Waals surface area contributed by atoms with Gasteiger partial charge in [-0.3, -0.25) is 4.90 Å². The number of aryl methyl sites for hydroxylation is 1. The summed E-state index contributed by atoms with van der Waals surface area (Å²) in [5, 5.41) is 8.57. The molecular formula is C15H18N6. The molecule has 3 aromatic rings. The van der Waals surface area contributed by atoms with Crippen molar-refractivity contribution in [3.05, 3.63) is 47.9 Å². The second-order valence-corrected chi connectivity index (χ2v) is 5.45. The predicted molar refractivity (Wildman–Crippen MR) is 78.7 cm³/mol. The number of nitrogens with zero attached hydrogens (tertiary/aromatic N) is 6. The van der Waals surface area contributed by atoms with Gasteiger partial charge < -0.3 is 8.97 Å². The molecule has 108 valence electrons. The van der Waals surface area contributed by atoms with Crippen molar-refractivity contribution in [1.29, 1.82) is 0 Å². The van der Waals surface area contributed by atoms with Gasteiger partial charge in [0.25, 0.3) is 0 Å². The standard InChI is InChI=1S/C15H18N6/c1-2-13-17-18-15-11-19(7-8-21(13)15)9-12-10-20-6-4-3-5-14(20)16-12/h3-6,10H,2,7-9,11H2,1H3. The molecule has 0 radical (unpaired) electrons. The van der Waals surface area contributed by atoms with Crippen LogP contribution in [0.4, 0.5) is 0 Å². The second kappa shape index (κ2) is 4.96. The summed E-state index contributed by atoms with van der Waals surface area (Å²) >= 11 is 0. The van der Waals surface area contributed by atoms with Crippen LogP contribution < -0.4 is 0 Å².